The Bertz CT molecular complexity index is 1050. The molecule has 0 radical (unpaired) electrons. The molecule has 1 atom stereocenters. The van der Waals surface area contributed by atoms with Gasteiger partial charge in [-0.25, -0.2) is 9.18 Å². The number of nitrogens with zero attached hydrogens (tertiary/aromatic N) is 2. The molecule has 0 saturated carbocycles. The molecule has 0 aromatic heterocycles. The van der Waals surface area contributed by atoms with Crippen molar-refractivity contribution in [3.63, 3.8) is 0 Å². The molecule has 1 fully saturated rings. The van der Waals surface area contributed by atoms with Crippen LogP contribution >= 0.6 is 0 Å². The van der Waals surface area contributed by atoms with Crippen LogP contribution in [0.2, 0.25) is 0 Å². The highest BCUT2D eigenvalue weighted by Crippen LogP contribution is 2.43. The largest absolute Gasteiger partial charge is 0.462 e. The van der Waals surface area contributed by atoms with Gasteiger partial charge in [0, 0.05) is 30.4 Å². The van der Waals surface area contributed by atoms with Crippen LogP contribution in [0.4, 0.5) is 4.39 Å². The molecule has 1 aromatic carbocycles. The molecule has 36 heavy (non-hydrogen) atoms. The van der Waals surface area contributed by atoms with Crippen molar-refractivity contribution in [2.75, 3.05) is 32.8 Å². The number of hydrogen-bond acceptors (Lipinski definition) is 4. The third kappa shape index (κ3) is 5.94. The van der Waals surface area contributed by atoms with Crippen LogP contribution in [0.3, 0.4) is 0 Å². The summed E-state index contributed by atoms with van der Waals surface area (Å²) in [6.45, 7) is 15.9. The number of allylic oxidation sites excluding steroid dienone is 5. The summed E-state index contributed by atoms with van der Waals surface area (Å²) in [5, 5.41) is 0. The molecule has 0 amide bonds. The van der Waals surface area contributed by atoms with Crippen molar-refractivity contribution in [1.82, 2.24) is 9.80 Å². The highest BCUT2D eigenvalue weighted by atomic mass is 19.1. The van der Waals surface area contributed by atoms with Gasteiger partial charge in [0.25, 0.3) is 0 Å². The highest BCUT2D eigenvalue weighted by molar-refractivity contribution is 5.89. The number of carbonyl (C=O) groups excluding carboxylic acids is 1. The lowest BCUT2D eigenvalue weighted by Gasteiger charge is -2.39. The van der Waals surface area contributed by atoms with Gasteiger partial charge in [-0.05, 0) is 99.7 Å². The molecule has 0 spiro atoms. The van der Waals surface area contributed by atoms with E-state index in [1.54, 1.807) is 19.1 Å². The van der Waals surface area contributed by atoms with Gasteiger partial charge in [0.2, 0.25) is 0 Å². The minimum absolute atomic E-state index is 0.270. The van der Waals surface area contributed by atoms with Crippen molar-refractivity contribution < 1.29 is 13.9 Å². The summed E-state index contributed by atoms with van der Waals surface area (Å²) in [5.74, 6) is 0.175. The maximum Gasteiger partial charge on any atom is 0.338 e. The highest BCUT2D eigenvalue weighted by Gasteiger charge is 2.36. The summed E-state index contributed by atoms with van der Waals surface area (Å²) in [4.78, 5) is 17.2. The number of carbonyl (C=O) groups is 1. The smallest absolute Gasteiger partial charge is 0.338 e. The van der Waals surface area contributed by atoms with Crippen LogP contribution in [0.1, 0.15) is 76.2 Å². The predicted molar refractivity (Wildman–Crippen MR) is 144 cm³/mol. The van der Waals surface area contributed by atoms with E-state index in [1.165, 1.54) is 61.9 Å². The van der Waals surface area contributed by atoms with Gasteiger partial charge in [-0.3, -0.25) is 0 Å². The fraction of sp³-hybridized carbons (Fsp3) is 0.581. The third-order valence-electron chi connectivity index (χ3n) is 8.44. The van der Waals surface area contributed by atoms with Crippen molar-refractivity contribution in [2.45, 2.75) is 66.7 Å². The third-order valence-corrected chi connectivity index (χ3v) is 8.44. The van der Waals surface area contributed by atoms with Gasteiger partial charge in [-0.1, -0.05) is 39.0 Å². The first-order valence-electron chi connectivity index (χ1n) is 13.7. The van der Waals surface area contributed by atoms with E-state index in [0.717, 1.165) is 13.0 Å². The minimum Gasteiger partial charge on any atom is -0.462 e. The Balaban J connectivity index is 1.46. The number of rotatable bonds is 9. The summed E-state index contributed by atoms with van der Waals surface area (Å²) in [5.41, 5.74) is 5.23. The standard InChI is InChI=1S/C31H43FN2O2/c1-6-31(4,5)21-33-16-14-23(15-17-33)20-34-22(3)27(26-10-8-9-11-29(26)34)18-24-12-13-25(19-28(24)32)30(35)36-7-2/h8-9,11-13,19,23,26H,6-7,10,14-18,20-21H2,1-5H3. The summed E-state index contributed by atoms with van der Waals surface area (Å²) in [6, 6.07) is 4.76. The molecule has 0 N–H and O–H groups in total. The predicted octanol–water partition coefficient (Wildman–Crippen LogP) is 6.74. The number of fused-ring (bicyclic) bond motifs is 1. The summed E-state index contributed by atoms with van der Waals surface area (Å²) >= 11 is 0. The van der Waals surface area contributed by atoms with Gasteiger partial charge in [-0.15, -0.1) is 0 Å². The van der Waals surface area contributed by atoms with E-state index in [4.69, 9.17) is 4.74 Å². The monoisotopic (exact) mass is 494 g/mol. The number of benzene rings is 1. The van der Waals surface area contributed by atoms with Gasteiger partial charge < -0.3 is 14.5 Å². The number of esters is 1. The SMILES string of the molecule is CCOC(=O)c1ccc(CC2=C(C)N(CC3CCN(CC(C)(C)CC)CC3)C3=CC=CCC32)c(F)c1. The molecule has 4 nitrogen and oxygen atoms in total. The number of piperidine rings is 1. The molecule has 5 heteroatoms. The first-order chi connectivity index (χ1) is 17.2. The zero-order valence-corrected chi connectivity index (χ0v) is 22.8. The summed E-state index contributed by atoms with van der Waals surface area (Å²) in [6.07, 6.45) is 11.8. The molecule has 2 heterocycles. The maximum absolute atomic E-state index is 15.0. The van der Waals surface area contributed by atoms with Gasteiger partial charge in [0.05, 0.1) is 12.2 Å². The Morgan fingerprint density at radius 2 is 1.94 bits per heavy atom. The quantitative estimate of drug-likeness (QED) is 0.356. The van der Waals surface area contributed by atoms with Crippen molar-refractivity contribution in [3.8, 4) is 0 Å². The van der Waals surface area contributed by atoms with Crippen molar-refractivity contribution in [3.05, 3.63) is 70.3 Å². The molecule has 1 saturated heterocycles. The van der Waals surface area contributed by atoms with Crippen LogP contribution in [0, 0.1) is 23.1 Å². The van der Waals surface area contributed by atoms with E-state index in [0.29, 0.717) is 29.2 Å². The second-order valence-electron chi connectivity index (χ2n) is 11.5. The number of likely N-dealkylation sites (tertiary alicyclic amines) is 1. The molecule has 1 aliphatic carbocycles. The Hall–Kier alpha value is -2.40. The van der Waals surface area contributed by atoms with Crippen molar-refractivity contribution in [1.29, 1.82) is 0 Å². The molecule has 1 aromatic rings. The van der Waals surface area contributed by atoms with E-state index < -0.39 is 5.97 Å². The van der Waals surface area contributed by atoms with Crippen LogP contribution in [0.25, 0.3) is 0 Å². The number of halogens is 1. The zero-order chi connectivity index (χ0) is 25.9. The number of hydrogen-bond donors (Lipinski definition) is 0. The lowest BCUT2D eigenvalue weighted by atomic mass is 9.87. The molecule has 196 valence electrons. The van der Waals surface area contributed by atoms with E-state index in [9.17, 15) is 4.79 Å². The first-order valence-corrected chi connectivity index (χ1v) is 13.7. The average Bonchev–Trinajstić information content (AvgIpc) is 3.12. The van der Waals surface area contributed by atoms with Crippen LogP contribution in [0.5, 0.6) is 0 Å². The molecule has 0 bridgehead atoms. The lowest BCUT2D eigenvalue weighted by Crippen LogP contribution is -2.41. The van der Waals surface area contributed by atoms with Gasteiger partial charge in [0.15, 0.2) is 0 Å². The maximum atomic E-state index is 15.0. The van der Waals surface area contributed by atoms with Crippen molar-refractivity contribution >= 4 is 5.97 Å². The fourth-order valence-electron chi connectivity index (χ4n) is 5.87. The first kappa shape index (κ1) is 26.7. The van der Waals surface area contributed by atoms with Gasteiger partial charge >= 0.3 is 5.97 Å². The molecular formula is C31H43FN2O2. The molecule has 2 aliphatic heterocycles. The Kier molecular flexibility index (Phi) is 8.39. The normalized spacial score (nSPS) is 21.1. The zero-order valence-electron chi connectivity index (χ0n) is 22.8. The Labute approximate surface area is 216 Å². The molecule has 3 aliphatic rings. The van der Waals surface area contributed by atoms with Gasteiger partial charge in [0.1, 0.15) is 5.82 Å². The molecular weight excluding hydrogens is 451 g/mol. The fourth-order valence-corrected chi connectivity index (χ4v) is 5.87. The molecule has 1 unspecified atom stereocenters. The van der Waals surface area contributed by atoms with E-state index in [1.807, 2.05) is 0 Å². The summed E-state index contributed by atoms with van der Waals surface area (Å²) in [7, 11) is 0. The van der Waals surface area contributed by atoms with E-state index >= 15 is 4.39 Å². The Morgan fingerprint density at radius 1 is 1.19 bits per heavy atom. The van der Waals surface area contributed by atoms with Crippen molar-refractivity contribution in [2.24, 2.45) is 17.3 Å². The molecule has 4 rings (SSSR count). The van der Waals surface area contributed by atoms with Gasteiger partial charge in [-0.2, -0.15) is 0 Å². The van der Waals surface area contributed by atoms with Crippen LogP contribution < -0.4 is 0 Å². The second kappa shape index (κ2) is 11.3. The Morgan fingerprint density at radius 3 is 2.61 bits per heavy atom. The number of ether oxygens (including phenoxy) is 1. The van der Waals surface area contributed by atoms with Crippen LogP contribution in [-0.4, -0.2) is 48.6 Å². The van der Waals surface area contributed by atoms with E-state index in [-0.39, 0.29) is 18.0 Å². The summed E-state index contributed by atoms with van der Waals surface area (Å²) < 4.78 is 20.1. The lowest BCUT2D eigenvalue weighted by molar-refractivity contribution is 0.0525. The van der Waals surface area contributed by atoms with Crippen LogP contribution in [0.15, 0.2) is 53.4 Å². The minimum atomic E-state index is -0.475. The average molecular weight is 495 g/mol. The second-order valence-corrected chi connectivity index (χ2v) is 11.5. The van der Waals surface area contributed by atoms with E-state index in [2.05, 4.69) is 55.7 Å². The topological polar surface area (TPSA) is 32.8 Å². The van der Waals surface area contributed by atoms with Crippen LogP contribution in [-0.2, 0) is 11.2 Å².